The molecule has 0 spiro atoms. The van der Waals surface area contributed by atoms with Gasteiger partial charge in [0.05, 0.1) is 16.9 Å². The summed E-state index contributed by atoms with van der Waals surface area (Å²) in [5.74, 6) is -1.06. The van der Waals surface area contributed by atoms with Crippen molar-refractivity contribution < 1.29 is 57.7 Å². The number of fused-ring (bicyclic) bond motifs is 1. The summed E-state index contributed by atoms with van der Waals surface area (Å²) in [6.07, 6.45) is 5.38. The zero-order valence-electron chi connectivity index (χ0n) is 47.4. The van der Waals surface area contributed by atoms with Gasteiger partial charge in [0.15, 0.2) is 16.9 Å². The second-order valence-corrected chi connectivity index (χ2v) is 23.6. The van der Waals surface area contributed by atoms with Crippen LogP contribution in [-0.4, -0.2) is 150 Å². The Morgan fingerprint density at radius 1 is 0.642 bits per heavy atom. The molecule has 28 heteroatoms. The van der Waals surface area contributed by atoms with Crippen molar-refractivity contribution in [2.45, 2.75) is 137 Å². The zero-order chi connectivity index (χ0) is 61.4. The molecule has 0 aliphatic carbocycles. The number of H-pyrrole nitrogens is 1. The number of pyridine rings is 3. The number of amides is 6. The first-order valence-corrected chi connectivity index (χ1v) is 28.2. The molecule has 3 saturated heterocycles. The fraction of sp³-hybridized carbons (Fsp3) is 0.547. The molecule has 0 aromatic carbocycles. The van der Waals surface area contributed by atoms with E-state index < -0.39 is 23.0 Å². The van der Waals surface area contributed by atoms with Crippen molar-refractivity contribution in [2.75, 3.05) is 56.9 Å². The minimum absolute atomic E-state index is 0.00100. The van der Waals surface area contributed by atoms with Gasteiger partial charge in [-0.15, -0.1) is 0 Å². The number of carbonyl (C=O) groups is 6. The molecule has 3 aliphatic heterocycles. The highest BCUT2D eigenvalue weighted by Crippen LogP contribution is 2.28. The summed E-state index contributed by atoms with van der Waals surface area (Å²) < 4.78 is 17.6. The van der Waals surface area contributed by atoms with E-state index in [0.717, 1.165) is 38.8 Å². The molecular formula is C53H75Br3N12O13. The van der Waals surface area contributed by atoms with Crippen LogP contribution in [0.3, 0.4) is 0 Å². The number of likely N-dealkylation sites (tertiary alicyclic amines) is 3. The van der Waals surface area contributed by atoms with Crippen LogP contribution in [0.5, 0.6) is 0 Å². The molecule has 7 rings (SSSR count). The molecule has 0 saturated carbocycles. The van der Waals surface area contributed by atoms with Gasteiger partial charge in [-0.25, -0.2) is 34.3 Å². The number of anilines is 2. The van der Waals surface area contributed by atoms with Gasteiger partial charge in [-0.3, -0.25) is 19.2 Å². The van der Waals surface area contributed by atoms with E-state index in [9.17, 15) is 33.6 Å². The molecule has 3 aliphatic rings. The molecule has 446 valence electrons. The van der Waals surface area contributed by atoms with Crippen LogP contribution < -0.4 is 28.1 Å². The topological polar surface area (TPSA) is 369 Å². The highest BCUT2D eigenvalue weighted by atomic mass is 79.9. The van der Waals surface area contributed by atoms with Gasteiger partial charge in [0.2, 0.25) is 5.91 Å². The number of nitrogens with one attached hydrogen (secondary N) is 2. The number of primary amides is 2. The van der Waals surface area contributed by atoms with Crippen LogP contribution in [0.1, 0.15) is 147 Å². The van der Waals surface area contributed by atoms with Crippen molar-refractivity contribution in [1.29, 1.82) is 0 Å². The van der Waals surface area contributed by atoms with Crippen molar-refractivity contribution >= 4 is 112 Å². The number of aromatic nitrogens is 5. The van der Waals surface area contributed by atoms with Gasteiger partial charge in [0.25, 0.3) is 17.4 Å². The van der Waals surface area contributed by atoms with Gasteiger partial charge < -0.3 is 61.5 Å². The van der Waals surface area contributed by atoms with E-state index in [1.807, 2.05) is 62.3 Å². The molecule has 4 aromatic heterocycles. The summed E-state index contributed by atoms with van der Waals surface area (Å²) in [4.78, 5) is 123. The smallest absolute Gasteiger partial charge is 0.410 e. The number of nitrogen functional groups attached to an aromatic ring is 1. The zero-order valence-corrected chi connectivity index (χ0v) is 52.1. The Morgan fingerprint density at radius 3 is 1.47 bits per heavy atom. The summed E-state index contributed by atoms with van der Waals surface area (Å²) in [7, 11) is 0. The molecule has 6 amide bonds. The predicted octanol–water partition coefficient (Wildman–Crippen LogP) is 8.07. The molecule has 9 N–H and O–H groups in total. The first kappa shape index (κ1) is 70.5. The molecule has 25 nitrogen and oxygen atoms in total. The van der Waals surface area contributed by atoms with Crippen LogP contribution in [0.15, 0.2) is 55.0 Å². The van der Waals surface area contributed by atoms with E-state index >= 15 is 0 Å². The lowest BCUT2D eigenvalue weighted by Gasteiger charge is -2.33. The first-order valence-electron chi connectivity index (χ1n) is 25.8. The van der Waals surface area contributed by atoms with Gasteiger partial charge in [0, 0.05) is 57.7 Å². The third-order valence-corrected chi connectivity index (χ3v) is 12.4. The van der Waals surface area contributed by atoms with E-state index in [2.05, 4.69) is 78.0 Å². The number of nitrogens with two attached hydrogens (primary N) is 3. The second kappa shape index (κ2) is 33.3. The highest BCUT2D eigenvalue weighted by Gasteiger charge is 2.32. The van der Waals surface area contributed by atoms with Gasteiger partial charge in [-0.05, 0) is 198 Å². The Hall–Kier alpha value is -6.61. The van der Waals surface area contributed by atoms with Crippen LogP contribution in [-0.2, 0) is 28.6 Å². The molecule has 0 atom stereocenters. The summed E-state index contributed by atoms with van der Waals surface area (Å²) in [5, 5.41) is 10.3. The minimum atomic E-state index is -0.721. The molecular weight excluding hydrogens is 1250 g/mol. The Kier molecular flexibility index (Phi) is 29.0. The van der Waals surface area contributed by atoms with Crippen LogP contribution >= 0.6 is 47.8 Å². The number of nitrogens with zero attached hydrogens (tertiary/aromatic N) is 7. The van der Waals surface area contributed by atoms with Crippen LogP contribution in [0.4, 0.5) is 25.8 Å². The number of aromatic amines is 1. The maximum absolute atomic E-state index is 12.5. The Morgan fingerprint density at radius 2 is 1.04 bits per heavy atom. The number of ether oxygens (including phenoxy) is 3. The predicted molar refractivity (Wildman–Crippen MR) is 312 cm³/mol. The lowest BCUT2D eigenvalue weighted by atomic mass is 9.96. The Balaban J connectivity index is 0.000000375. The van der Waals surface area contributed by atoms with E-state index in [0.29, 0.717) is 75.4 Å². The lowest BCUT2D eigenvalue weighted by molar-refractivity contribution is -0.191. The minimum Gasteiger partial charge on any atom is -0.444 e. The summed E-state index contributed by atoms with van der Waals surface area (Å²) in [6.45, 7) is 22.4. The number of aliphatic hydroxyl groups excluding tert-OH is 1. The third-order valence-electron chi connectivity index (χ3n) is 11.1. The molecule has 0 radical (unpaired) electrons. The van der Waals surface area contributed by atoms with E-state index in [-0.39, 0.29) is 77.0 Å². The lowest BCUT2D eigenvalue weighted by Crippen LogP contribution is -2.43. The largest absolute Gasteiger partial charge is 0.444 e. The first-order chi connectivity index (χ1) is 37.7. The fourth-order valence-corrected chi connectivity index (χ4v) is 8.46. The van der Waals surface area contributed by atoms with Gasteiger partial charge in [-0.1, -0.05) is 0 Å². The van der Waals surface area contributed by atoms with Crippen molar-refractivity contribution in [1.82, 2.24) is 39.6 Å². The number of hydrogen-bond acceptors (Lipinski definition) is 18. The van der Waals surface area contributed by atoms with Crippen LogP contribution in [0.2, 0.25) is 0 Å². The number of hydrogen-bond donors (Lipinski definition) is 6. The van der Waals surface area contributed by atoms with Crippen molar-refractivity contribution in [3.8, 4) is 0 Å². The third kappa shape index (κ3) is 26.2. The second-order valence-electron chi connectivity index (χ2n) is 21.2. The van der Waals surface area contributed by atoms with E-state index in [1.54, 1.807) is 58.0 Å². The molecule has 3 fully saturated rings. The van der Waals surface area contributed by atoms with Gasteiger partial charge >= 0.3 is 24.4 Å². The standard InChI is InChI=1S/C17H23BrN4O4.C17H21BrN4O3.C10H19NO2.C6H6BrN3O.C2H6O.CO2/c1-17(2,3)26-16(25)22-8-6-10(7-9-22)15(24)20-11-4-5-12(18)21-13(11)14(19)23;1-17(2,3)25-16(24)22-8-6-10(7-9-22)14-19-11-4-5-12(18)20-13(11)15(23)21-14;1-10(2,3)13-9(12)11-7-5-4-6-8-11;7-4-2-1-3(8)5(10-4)6(9)11;1-2-3;2-1-3/h4-5,10H,6-9H2,1-3H3,(H2,19,23)(H,20,24);4-5,10H,6-9H2,1-3H3,(H,19,21,23);4-8H2,1-3H3;1-2H,8H2,(H2,9,11);3H,2H2,1H3;. The van der Waals surface area contributed by atoms with Crippen molar-refractivity contribution in [3.05, 3.63) is 77.8 Å². The number of halogens is 3. The van der Waals surface area contributed by atoms with E-state index in [4.69, 9.17) is 46.1 Å². The maximum Gasteiger partial charge on any atom is 0.410 e. The molecule has 0 unspecified atom stereocenters. The van der Waals surface area contributed by atoms with Crippen molar-refractivity contribution in [2.24, 2.45) is 17.4 Å². The fourth-order valence-electron chi connectivity index (χ4n) is 7.53. The summed E-state index contributed by atoms with van der Waals surface area (Å²) in [6, 6.07) is 9.95. The Bertz CT molecular complexity index is 2850. The maximum atomic E-state index is 12.5. The molecule has 7 heterocycles. The normalized spacial score (nSPS) is 14.6. The summed E-state index contributed by atoms with van der Waals surface area (Å²) >= 11 is 9.52. The highest BCUT2D eigenvalue weighted by molar-refractivity contribution is 9.11. The quantitative estimate of drug-likeness (QED) is 0.0812. The number of aliphatic hydroxyl groups is 1. The Labute approximate surface area is 496 Å². The van der Waals surface area contributed by atoms with Gasteiger partial charge in [-0.2, -0.15) is 9.59 Å². The van der Waals surface area contributed by atoms with Crippen LogP contribution in [0, 0.1) is 5.92 Å². The average molecular weight is 1330 g/mol. The number of rotatable bonds is 5. The molecule has 81 heavy (non-hydrogen) atoms. The summed E-state index contributed by atoms with van der Waals surface area (Å²) in [5.41, 5.74) is 15.6. The SMILES string of the molecule is CC(C)(C)OC(=O)N1CCC(C(=O)Nc2ccc(Br)nc2C(N)=O)CC1.CC(C)(C)OC(=O)N1CCC(c2nc3ccc(Br)nc3c(=O)[nH]2)CC1.CC(C)(C)OC(=O)N1CCCCC1.CCO.NC(=O)c1nc(Br)ccc1N.O=C=O. The van der Waals surface area contributed by atoms with Gasteiger partial charge in [0.1, 0.15) is 36.4 Å². The molecule has 0 bridgehead atoms. The monoisotopic (exact) mass is 1320 g/mol. The number of piperidine rings is 3. The average Bonchev–Trinajstić information content (AvgIpc) is 3.44. The molecule has 4 aromatic rings. The van der Waals surface area contributed by atoms with Crippen LogP contribution in [0.25, 0.3) is 11.0 Å². The number of carbonyl (C=O) groups excluding carboxylic acids is 8. The van der Waals surface area contributed by atoms with Crippen molar-refractivity contribution in [3.63, 3.8) is 0 Å². The van der Waals surface area contributed by atoms with E-state index in [1.165, 1.54) is 6.42 Å².